The van der Waals surface area contributed by atoms with E-state index in [0.717, 1.165) is 19.4 Å². The number of rotatable bonds is 2. The molecule has 0 N–H and O–H groups in total. The maximum absolute atomic E-state index is 11.4. The molecule has 0 bridgehead atoms. The van der Waals surface area contributed by atoms with Crippen LogP contribution in [0, 0.1) is 0 Å². The first-order valence-electron chi connectivity index (χ1n) is 4.73. The summed E-state index contributed by atoms with van der Waals surface area (Å²) in [6.45, 7) is 3.37. The molecule has 0 aliphatic carbocycles. The van der Waals surface area contributed by atoms with Gasteiger partial charge in [0.2, 0.25) is 5.91 Å². The van der Waals surface area contributed by atoms with Crippen molar-refractivity contribution in [1.29, 1.82) is 0 Å². The van der Waals surface area contributed by atoms with Crippen molar-refractivity contribution in [3.8, 4) is 0 Å². The molecule has 0 aromatic rings. The van der Waals surface area contributed by atoms with Crippen LogP contribution in [-0.2, 0) is 9.53 Å². The summed E-state index contributed by atoms with van der Waals surface area (Å²) >= 11 is 0. The molecular weight excluding hydrogens is 166 g/mol. The molecule has 0 aromatic carbocycles. The Morgan fingerprint density at radius 1 is 1.62 bits per heavy atom. The standard InChI is InChI=1S/C10H17NO2/c1-3-5-10(12)11(2)9-6-4-7-13-8-9/h3,5,9H,4,6-8H2,1-2H3/b5-3+. The molecule has 1 fully saturated rings. The van der Waals surface area contributed by atoms with Crippen LogP contribution in [0.1, 0.15) is 19.8 Å². The SMILES string of the molecule is C/C=C/C(=O)N(C)C1CCCOC1. The summed E-state index contributed by atoms with van der Waals surface area (Å²) in [5.41, 5.74) is 0. The molecule has 1 aliphatic heterocycles. The molecule has 1 aliphatic rings. The van der Waals surface area contributed by atoms with E-state index in [4.69, 9.17) is 4.74 Å². The second-order valence-corrected chi connectivity index (χ2v) is 3.32. The van der Waals surface area contributed by atoms with Crippen molar-refractivity contribution in [3.05, 3.63) is 12.2 Å². The van der Waals surface area contributed by atoms with Gasteiger partial charge in [0.15, 0.2) is 0 Å². The van der Waals surface area contributed by atoms with Crippen molar-refractivity contribution >= 4 is 5.91 Å². The highest BCUT2D eigenvalue weighted by molar-refractivity contribution is 5.87. The number of hydrogen-bond donors (Lipinski definition) is 0. The highest BCUT2D eigenvalue weighted by Gasteiger charge is 2.20. The first-order valence-corrected chi connectivity index (χ1v) is 4.73. The fourth-order valence-electron chi connectivity index (χ4n) is 1.47. The van der Waals surface area contributed by atoms with Gasteiger partial charge in [-0.15, -0.1) is 0 Å². The van der Waals surface area contributed by atoms with Crippen LogP contribution < -0.4 is 0 Å². The Balaban J connectivity index is 2.44. The fourth-order valence-corrected chi connectivity index (χ4v) is 1.47. The Hall–Kier alpha value is -0.830. The molecule has 3 nitrogen and oxygen atoms in total. The number of ether oxygens (including phenoxy) is 1. The molecule has 1 heterocycles. The van der Waals surface area contributed by atoms with E-state index >= 15 is 0 Å². The van der Waals surface area contributed by atoms with Crippen molar-refractivity contribution in [1.82, 2.24) is 4.90 Å². The van der Waals surface area contributed by atoms with Gasteiger partial charge in [0.05, 0.1) is 12.6 Å². The molecule has 1 saturated heterocycles. The van der Waals surface area contributed by atoms with Crippen molar-refractivity contribution in [2.24, 2.45) is 0 Å². The fraction of sp³-hybridized carbons (Fsp3) is 0.700. The van der Waals surface area contributed by atoms with Crippen molar-refractivity contribution < 1.29 is 9.53 Å². The van der Waals surface area contributed by atoms with E-state index in [1.165, 1.54) is 0 Å². The van der Waals surface area contributed by atoms with Crippen LogP contribution in [-0.4, -0.2) is 37.1 Å². The van der Waals surface area contributed by atoms with Crippen LogP contribution in [0.4, 0.5) is 0 Å². The normalized spacial score (nSPS) is 23.4. The van der Waals surface area contributed by atoms with Gasteiger partial charge in [-0.05, 0) is 25.8 Å². The van der Waals surface area contributed by atoms with E-state index in [9.17, 15) is 4.79 Å². The molecular formula is C10H17NO2. The smallest absolute Gasteiger partial charge is 0.246 e. The molecule has 1 amide bonds. The van der Waals surface area contributed by atoms with E-state index in [1.54, 1.807) is 17.1 Å². The van der Waals surface area contributed by atoms with Gasteiger partial charge in [0, 0.05) is 13.7 Å². The molecule has 0 radical (unpaired) electrons. The average molecular weight is 183 g/mol. The Labute approximate surface area is 79.4 Å². The van der Waals surface area contributed by atoms with E-state index in [-0.39, 0.29) is 11.9 Å². The summed E-state index contributed by atoms with van der Waals surface area (Å²) in [5, 5.41) is 0. The van der Waals surface area contributed by atoms with Crippen molar-refractivity contribution in [3.63, 3.8) is 0 Å². The zero-order valence-electron chi connectivity index (χ0n) is 8.32. The van der Waals surface area contributed by atoms with Gasteiger partial charge in [-0.2, -0.15) is 0 Å². The molecule has 3 heteroatoms. The predicted octanol–water partition coefficient (Wildman–Crippen LogP) is 1.20. The summed E-state index contributed by atoms with van der Waals surface area (Å²) in [6, 6.07) is 0.262. The number of hydrogen-bond acceptors (Lipinski definition) is 2. The van der Waals surface area contributed by atoms with E-state index < -0.39 is 0 Å². The Kier molecular flexibility index (Phi) is 3.96. The Bertz CT molecular complexity index is 195. The van der Waals surface area contributed by atoms with Gasteiger partial charge in [-0.25, -0.2) is 0 Å². The lowest BCUT2D eigenvalue weighted by atomic mass is 10.1. The van der Waals surface area contributed by atoms with Crippen LogP contribution in [0.5, 0.6) is 0 Å². The van der Waals surface area contributed by atoms with Crippen LogP contribution in [0.3, 0.4) is 0 Å². The Morgan fingerprint density at radius 3 is 2.92 bits per heavy atom. The Morgan fingerprint density at radius 2 is 2.38 bits per heavy atom. The topological polar surface area (TPSA) is 29.5 Å². The number of carbonyl (C=O) groups excluding carboxylic acids is 1. The number of nitrogens with zero attached hydrogens (tertiary/aromatic N) is 1. The largest absolute Gasteiger partial charge is 0.379 e. The number of carbonyl (C=O) groups is 1. The average Bonchev–Trinajstić information content (AvgIpc) is 2.18. The second-order valence-electron chi connectivity index (χ2n) is 3.32. The lowest BCUT2D eigenvalue weighted by molar-refractivity contribution is -0.129. The van der Waals surface area contributed by atoms with Gasteiger partial charge >= 0.3 is 0 Å². The quantitative estimate of drug-likeness (QED) is 0.602. The summed E-state index contributed by atoms with van der Waals surface area (Å²) in [7, 11) is 1.84. The second kappa shape index (κ2) is 5.02. The molecule has 1 rings (SSSR count). The maximum Gasteiger partial charge on any atom is 0.246 e. The molecule has 0 saturated carbocycles. The summed E-state index contributed by atoms with van der Waals surface area (Å²) < 4.78 is 5.31. The van der Waals surface area contributed by atoms with Gasteiger partial charge < -0.3 is 9.64 Å². The minimum absolute atomic E-state index is 0.0676. The highest BCUT2D eigenvalue weighted by atomic mass is 16.5. The molecule has 1 unspecified atom stereocenters. The predicted molar refractivity (Wildman–Crippen MR) is 51.4 cm³/mol. The van der Waals surface area contributed by atoms with Crippen LogP contribution >= 0.6 is 0 Å². The van der Waals surface area contributed by atoms with Gasteiger partial charge in [-0.1, -0.05) is 6.08 Å². The van der Waals surface area contributed by atoms with E-state index in [0.29, 0.717) is 6.61 Å². The van der Waals surface area contributed by atoms with Crippen molar-refractivity contribution in [2.75, 3.05) is 20.3 Å². The molecule has 0 aromatic heterocycles. The van der Waals surface area contributed by atoms with Crippen LogP contribution in [0.15, 0.2) is 12.2 Å². The van der Waals surface area contributed by atoms with E-state index in [2.05, 4.69) is 0 Å². The lowest BCUT2D eigenvalue weighted by Gasteiger charge is -2.30. The molecule has 1 atom stereocenters. The van der Waals surface area contributed by atoms with Crippen LogP contribution in [0.2, 0.25) is 0 Å². The first kappa shape index (κ1) is 10.3. The van der Waals surface area contributed by atoms with Crippen LogP contribution in [0.25, 0.3) is 0 Å². The van der Waals surface area contributed by atoms with Crippen molar-refractivity contribution in [2.45, 2.75) is 25.8 Å². The highest BCUT2D eigenvalue weighted by Crippen LogP contribution is 2.11. The lowest BCUT2D eigenvalue weighted by Crippen LogP contribution is -2.41. The van der Waals surface area contributed by atoms with E-state index in [1.807, 2.05) is 14.0 Å². The number of amides is 1. The minimum atomic E-state index is 0.0676. The van der Waals surface area contributed by atoms with Gasteiger partial charge in [0.25, 0.3) is 0 Å². The van der Waals surface area contributed by atoms with Gasteiger partial charge in [-0.3, -0.25) is 4.79 Å². The number of allylic oxidation sites excluding steroid dienone is 1. The summed E-state index contributed by atoms with van der Waals surface area (Å²) in [5.74, 6) is 0.0676. The zero-order chi connectivity index (χ0) is 9.68. The first-order chi connectivity index (χ1) is 6.25. The third-order valence-corrected chi connectivity index (χ3v) is 2.34. The third-order valence-electron chi connectivity index (χ3n) is 2.34. The molecule has 74 valence electrons. The zero-order valence-corrected chi connectivity index (χ0v) is 8.32. The summed E-state index contributed by atoms with van der Waals surface area (Å²) in [4.78, 5) is 13.2. The van der Waals surface area contributed by atoms with Gasteiger partial charge in [0.1, 0.15) is 0 Å². The maximum atomic E-state index is 11.4. The minimum Gasteiger partial charge on any atom is -0.379 e. The monoisotopic (exact) mass is 183 g/mol. The third kappa shape index (κ3) is 2.84. The number of likely N-dealkylation sites (N-methyl/N-ethyl adjacent to an activating group) is 1. The molecule has 13 heavy (non-hydrogen) atoms. The summed E-state index contributed by atoms with van der Waals surface area (Å²) in [6.07, 6.45) is 5.47. The molecule has 0 spiro atoms.